The summed E-state index contributed by atoms with van der Waals surface area (Å²) in [4.78, 5) is 1.57. The van der Waals surface area contributed by atoms with Crippen molar-refractivity contribution in [1.29, 1.82) is 0 Å². The van der Waals surface area contributed by atoms with E-state index in [4.69, 9.17) is 0 Å². The summed E-state index contributed by atoms with van der Waals surface area (Å²) in [7, 11) is 0. The van der Waals surface area contributed by atoms with Crippen LogP contribution in [0.4, 0.5) is 30.2 Å². The molecule has 4 heteroatoms. The Hall–Kier alpha value is -2.75. The lowest BCUT2D eigenvalue weighted by atomic mass is 10.1. The van der Waals surface area contributed by atoms with E-state index in [1.807, 2.05) is 0 Å². The van der Waals surface area contributed by atoms with Crippen LogP contribution in [0.15, 0.2) is 60.7 Å². The number of benzene rings is 3. The van der Waals surface area contributed by atoms with Gasteiger partial charge in [-0.25, -0.2) is 13.2 Å². The van der Waals surface area contributed by atoms with Crippen LogP contribution in [0.1, 0.15) is 11.1 Å². The molecule has 0 saturated carbocycles. The van der Waals surface area contributed by atoms with Crippen molar-refractivity contribution in [2.24, 2.45) is 0 Å². The first-order chi connectivity index (χ1) is 11.5. The number of hydrogen-bond donors (Lipinski definition) is 0. The molecule has 0 atom stereocenters. The molecule has 0 saturated heterocycles. The van der Waals surface area contributed by atoms with Gasteiger partial charge in [-0.15, -0.1) is 0 Å². The fraction of sp³-hybridized carbons (Fsp3) is 0.100. The summed E-state index contributed by atoms with van der Waals surface area (Å²) in [5, 5.41) is 0. The zero-order chi connectivity index (χ0) is 17.3. The minimum atomic E-state index is -0.430. The number of aryl methyl sites for hydroxylation is 2. The fourth-order valence-electron chi connectivity index (χ4n) is 2.53. The summed E-state index contributed by atoms with van der Waals surface area (Å²) < 4.78 is 41.8. The number of nitrogens with zero attached hydrogens (tertiary/aromatic N) is 1. The van der Waals surface area contributed by atoms with Gasteiger partial charge < -0.3 is 4.90 Å². The highest BCUT2D eigenvalue weighted by molar-refractivity contribution is 5.77. The van der Waals surface area contributed by atoms with E-state index < -0.39 is 11.6 Å². The van der Waals surface area contributed by atoms with Gasteiger partial charge in [0.15, 0.2) is 0 Å². The fourth-order valence-corrected chi connectivity index (χ4v) is 2.53. The maximum Gasteiger partial charge on any atom is 0.147 e. The van der Waals surface area contributed by atoms with Crippen molar-refractivity contribution < 1.29 is 13.2 Å². The molecule has 3 aromatic rings. The molecule has 0 aliphatic heterocycles. The summed E-state index contributed by atoms with van der Waals surface area (Å²) in [6.45, 7) is 3.45. The molecule has 24 heavy (non-hydrogen) atoms. The molecule has 0 radical (unpaired) electrons. The van der Waals surface area contributed by atoms with E-state index in [0.29, 0.717) is 16.9 Å². The molecule has 0 heterocycles. The van der Waals surface area contributed by atoms with Crippen molar-refractivity contribution in [1.82, 2.24) is 0 Å². The van der Waals surface area contributed by atoms with E-state index in [1.54, 1.807) is 43.0 Å². The zero-order valence-electron chi connectivity index (χ0n) is 13.4. The number of hydrogen-bond acceptors (Lipinski definition) is 1. The van der Waals surface area contributed by atoms with Crippen LogP contribution in [0.2, 0.25) is 0 Å². The van der Waals surface area contributed by atoms with Crippen molar-refractivity contribution in [3.05, 3.63) is 89.2 Å². The normalized spacial score (nSPS) is 10.7. The molecule has 0 unspecified atom stereocenters. The third-order valence-corrected chi connectivity index (χ3v) is 3.84. The summed E-state index contributed by atoms with van der Waals surface area (Å²) in [6, 6.07) is 15.2. The van der Waals surface area contributed by atoms with E-state index in [-0.39, 0.29) is 11.5 Å². The quantitative estimate of drug-likeness (QED) is 0.554. The van der Waals surface area contributed by atoms with Crippen LogP contribution in [0.5, 0.6) is 0 Å². The van der Waals surface area contributed by atoms with Crippen molar-refractivity contribution in [3.8, 4) is 0 Å². The first-order valence-corrected chi connectivity index (χ1v) is 7.54. The van der Waals surface area contributed by atoms with E-state index >= 15 is 0 Å². The highest BCUT2D eigenvalue weighted by Gasteiger charge is 2.17. The minimum absolute atomic E-state index is 0.274. The van der Waals surface area contributed by atoms with Gasteiger partial charge in [0.2, 0.25) is 0 Å². The second-order valence-corrected chi connectivity index (χ2v) is 5.70. The van der Waals surface area contributed by atoms with E-state index in [9.17, 15) is 13.2 Å². The van der Waals surface area contributed by atoms with Crippen molar-refractivity contribution in [2.75, 3.05) is 4.90 Å². The molecule has 0 fully saturated rings. The lowest BCUT2D eigenvalue weighted by Crippen LogP contribution is -2.12. The van der Waals surface area contributed by atoms with Gasteiger partial charge in [0.25, 0.3) is 0 Å². The first-order valence-electron chi connectivity index (χ1n) is 7.54. The monoisotopic (exact) mass is 327 g/mol. The predicted molar refractivity (Wildman–Crippen MR) is 90.5 cm³/mol. The highest BCUT2D eigenvalue weighted by atomic mass is 19.1. The van der Waals surface area contributed by atoms with Gasteiger partial charge in [-0.2, -0.15) is 0 Å². The summed E-state index contributed by atoms with van der Waals surface area (Å²) in [5.74, 6) is -1.20. The van der Waals surface area contributed by atoms with Crippen LogP contribution in [0, 0.1) is 31.3 Å². The van der Waals surface area contributed by atoms with Crippen molar-refractivity contribution >= 4 is 17.1 Å². The van der Waals surface area contributed by atoms with Gasteiger partial charge in [-0.05, 0) is 73.5 Å². The van der Waals surface area contributed by atoms with Crippen LogP contribution < -0.4 is 4.90 Å². The summed E-state index contributed by atoms with van der Waals surface area (Å²) in [5.41, 5.74) is 2.57. The largest absolute Gasteiger partial charge is 0.308 e. The molecule has 1 nitrogen and oxygen atoms in total. The first kappa shape index (κ1) is 16.1. The number of anilines is 3. The summed E-state index contributed by atoms with van der Waals surface area (Å²) in [6.07, 6.45) is 0. The average molecular weight is 327 g/mol. The number of halogens is 3. The van der Waals surface area contributed by atoms with Gasteiger partial charge in [-0.3, -0.25) is 0 Å². The van der Waals surface area contributed by atoms with Gasteiger partial charge in [-0.1, -0.05) is 12.1 Å². The summed E-state index contributed by atoms with van der Waals surface area (Å²) >= 11 is 0. The zero-order valence-corrected chi connectivity index (χ0v) is 13.4. The van der Waals surface area contributed by atoms with Gasteiger partial charge in [0, 0.05) is 11.4 Å². The predicted octanol–water partition coefficient (Wildman–Crippen LogP) is 6.19. The van der Waals surface area contributed by atoms with Crippen molar-refractivity contribution in [3.63, 3.8) is 0 Å². The Morgan fingerprint density at radius 3 is 1.96 bits per heavy atom. The molecule has 0 N–H and O–H groups in total. The highest BCUT2D eigenvalue weighted by Crippen LogP contribution is 2.36. The molecule has 0 aliphatic carbocycles. The molecule has 3 rings (SSSR count). The van der Waals surface area contributed by atoms with Crippen LogP contribution in [-0.4, -0.2) is 0 Å². The topological polar surface area (TPSA) is 3.24 Å². The van der Waals surface area contributed by atoms with Crippen LogP contribution in [0.3, 0.4) is 0 Å². The maximum absolute atomic E-state index is 14.5. The number of rotatable bonds is 3. The van der Waals surface area contributed by atoms with E-state index in [2.05, 4.69) is 0 Å². The van der Waals surface area contributed by atoms with E-state index in [0.717, 1.165) is 5.56 Å². The molecular weight excluding hydrogens is 311 g/mol. The van der Waals surface area contributed by atoms with E-state index in [1.165, 1.54) is 36.4 Å². The Bertz CT molecular complexity index is 873. The molecular formula is C20H16F3N. The Balaban J connectivity index is 2.20. The second kappa shape index (κ2) is 6.40. The molecule has 122 valence electrons. The van der Waals surface area contributed by atoms with Crippen LogP contribution in [-0.2, 0) is 0 Å². The second-order valence-electron chi connectivity index (χ2n) is 5.70. The molecule has 0 bridgehead atoms. The van der Waals surface area contributed by atoms with Crippen LogP contribution in [0.25, 0.3) is 0 Å². The Morgan fingerprint density at radius 1 is 0.667 bits per heavy atom. The Labute approximate surface area is 139 Å². The smallest absolute Gasteiger partial charge is 0.147 e. The molecule has 0 spiro atoms. The minimum Gasteiger partial charge on any atom is -0.308 e. The third kappa shape index (κ3) is 3.13. The van der Waals surface area contributed by atoms with Gasteiger partial charge >= 0.3 is 0 Å². The SMILES string of the molecule is Cc1ccc(N(c2ccc(F)cc2)c2ccc(C)c(F)c2)c(F)c1. The Morgan fingerprint density at radius 2 is 1.33 bits per heavy atom. The van der Waals surface area contributed by atoms with Gasteiger partial charge in [0.1, 0.15) is 17.5 Å². The molecule has 3 aromatic carbocycles. The average Bonchev–Trinajstić information content (AvgIpc) is 2.54. The third-order valence-electron chi connectivity index (χ3n) is 3.84. The maximum atomic E-state index is 14.5. The van der Waals surface area contributed by atoms with Crippen LogP contribution >= 0.6 is 0 Å². The molecule has 0 aliphatic rings. The standard InChI is InChI=1S/C20H16F3N/c1-13-3-10-20(19(23)11-13)24(16-8-5-15(21)6-9-16)17-7-4-14(2)18(22)12-17/h3-12H,1-2H3. The molecule has 0 amide bonds. The van der Waals surface area contributed by atoms with Crippen molar-refractivity contribution in [2.45, 2.75) is 13.8 Å². The lowest BCUT2D eigenvalue weighted by molar-refractivity contribution is 0.617. The van der Waals surface area contributed by atoms with Gasteiger partial charge in [0.05, 0.1) is 5.69 Å². The Kier molecular flexibility index (Phi) is 4.30. The molecule has 0 aromatic heterocycles. The lowest BCUT2D eigenvalue weighted by Gasteiger charge is -2.26.